The summed E-state index contributed by atoms with van der Waals surface area (Å²) >= 11 is 0. The molecule has 0 atom stereocenters. The second-order valence-corrected chi connectivity index (χ2v) is 7.02. The average Bonchev–Trinajstić information content (AvgIpc) is 3.12. The standard InChI is InChI=1S/C12H12N2O4.C11H22O2/c1-17-10-6-4-3-5-8(10)11(18-2)9-7-14(16)12(15)13-9;1-3-5-6-7-8-9-10-13-11(12)4-2/h3-6H,7H2,1-2H3;3-10H2,1-2H3/p+1. The van der Waals surface area contributed by atoms with Crippen LogP contribution in [0.5, 0.6) is 5.75 Å². The van der Waals surface area contributed by atoms with Crippen LogP contribution in [0.1, 0.15) is 64.4 Å². The minimum Gasteiger partial charge on any atom is -0.496 e. The molecule has 1 aliphatic heterocycles. The van der Waals surface area contributed by atoms with Crippen LogP contribution in [-0.2, 0) is 14.3 Å². The number of para-hydroxylation sites is 1. The Labute approximate surface area is 184 Å². The fraction of sp³-hybridized carbons (Fsp3) is 0.565. The van der Waals surface area contributed by atoms with Crippen molar-refractivity contribution in [2.45, 2.75) is 58.8 Å². The van der Waals surface area contributed by atoms with Crippen LogP contribution in [0, 0.1) is 4.91 Å². The smallest absolute Gasteiger partial charge is 0.496 e. The molecule has 0 radical (unpaired) electrons. The van der Waals surface area contributed by atoms with E-state index in [-0.39, 0.29) is 12.5 Å². The maximum absolute atomic E-state index is 11.2. The molecule has 2 amide bonds. The van der Waals surface area contributed by atoms with Crippen molar-refractivity contribution < 1.29 is 28.6 Å². The maximum Gasteiger partial charge on any atom is 0.534 e. The highest BCUT2D eigenvalue weighted by molar-refractivity contribution is 5.77. The van der Waals surface area contributed by atoms with E-state index < -0.39 is 6.03 Å². The Morgan fingerprint density at radius 3 is 2.32 bits per heavy atom. The van der Waals surface area contributed by atoms with Crippen LogP contribution in [0.25, 0.3) is 5.76 Å². The lowest BCUT2D eigenvalue weighted by molar-refractivity contribution is -0.427. The first-order valence-corrected chi connectivity index (χ1v) is 10.8. The quantitative estimate of drug-likeness (QED) is 0.232. The van der Waals surface area contributed by atoms with Crippen molar-refractivity contribution >= 4 is 17.8 Å². The van der Waals surface area contributed by atoms with Gasteiger partial charge in [0, 0.05) is 11.2 Å². The van der Waals surface area contributed by atoms with E-state index in [0.717, 1.165) is 6.42 Å². The zero-order chi connectivity index (χ0) is 23.1. The zero-order valence-electron chi connectivity index (χ0n) is 19.1. The highest BCUT2D eigenvalue weighted by atomic mass is 16.5. The number of carbonyl (C=O) groups is 2. The molecule has 1 saturated heterocycles. The lowest BCUT2D eigenvalue weighted by Crippen LogP contribution is -2.17. The predicted molar refractivity (Wildman–Crippen MR) is 119 cm³/mol. The van der Waals surface area contributed by atoms with Crippen molar-refractivity contribution in [1.82, 2.24) is 5.32 Å². The lowest BCUT2D eigenvalue weighted by Gasteiger charge is -2.10. The van der Waals surface area contributed by atoms with Gasteiger partial charge in [-0.05, 0) is 18.6 Å². The molecule has 1 aromatic rings. The number of amides is 2. The van der Waals surface area contributed by atoms with Gasteiger partial charge in [0.25, 0.3) is 0 Å². The zero-order valence-corrected chi connectivity index (χ0v) is 19.1. The number of ether oxygens (including phenoxy) is 3. The number of nitroso groups, excluding NO2 is 1. The fourth-order valence-corrected chi connectivity index (χ4v) is 2.97. The van der Waals surface area contributed by atoms with Crippen molar-refractivity contribution in [1.29, 1.82) is 0 Å². The van der Waals surface area contributed by atoms with Crippen LogP contribution in [-0.4, -0.2) is 44.1 Å². The summed E-state index contributed by atoms with van der Waals surface area (Å²) in [5, 5.41) is 2.48. The number of unbranched alkanes of at least 4 members (excludes halogenated alkanes) is 5. The van der Waals surface area contributed by atoms with Crippen molar-refractivity contribution in [3.63, 3.8) is 0 Å². The van der Waals surface area contributed by atoms with Gasteiger partial charge in [0.05, 0.1) is 26.4 Å². The van der Waals surface area contributed by atoms with Crippen LogP contribution >= 0.6 is 0 Å². The van der Waals surface area contributed by atoms with E-state index in [0.29, 0.717) is 40.6 Å². The molecule has 1 fully saturated rings. The number of methoxy groups -OCH3 is 2. The number of urea groups is 1. The predicted octanol–water partition coefficient (Wildman–Crippen LogP) is 4.81. The molecule has 0 saturated carbocycles. The molecule has 1 aromatic carbocycles. The van der Waals surface area contributed by atoms with Crippen molar-refractivity contribution in [2.75, 3.05) is 27.4 Å². The van der Waals surface area contributed by atoms with Crippen LogP contribution in [0.15, 0.2) is 30.0 Å². The van der Waals surface area contributed by atoms with E-state index in [2.05, 4.69) is 12.2 Å². The molecule has 1 N–H and O–H groups in total. The molecule has 0 aromatic heterocycles. The van der Waals surface area contributed by atoms with E-state index in [1.165, 1.54) is 39.2 Å². The summed E-state index contributed by atoms with van der Waals surface area (Å²) in [5.41, 5.74) is 1.12. The molecule has 31 heavy (non-hydrogen) atoms. The highest BCUT2D eigenvalue weighted by Gasteiger charge is 2.36. The summed E-state index contributed by atoms with van der Waals surface area (Å²) < 4.78 is 15.8. The molecule has 2 rings (SSSR count). The number of rotatable bonds is 11. The summed E-state index contributed by atoms with van der Waals surface area (Å²) in [7, 11) is 3.03. The Kier molecular flexibility index (Phi) is 12.6. The van der Waals surface area contributed by atoms with Gasteiger partial charge in [-0.2, -0.15) is 10.1 Å². The molecule has 8 nitrogen and oxygen atoms in total. The van der Waals surface area contributed by atoms with Gasteiger partial charge in [0.15, 0.2) is 11.5 Å². The normalized spacial score (nSPS) is 14.3. The lowest BCUT2D eigenvalue weighted by atomic mass is 10.1. The Morgan fingerprint density at radius 2 is 1.74 bits per heavy atom. The SMILES string of the molecule is CCCCCCCCOC(=O)CC.COC(=C1C[N+](=O)C(=O)N1)c1ccccc1OC. The summed E-state index contributed by atoms with van der Waals surface area (Å²) in [5.74, 6) is 0.966. The van der Waals surface area contributed by atoms with E-state index in [1.807, 2.05) is 19.1 Å². The third-order valence-electron chi connectivity index (χ3n) is 4.67. The van der Waals surface area contributed by atoms with E-state index in [4.69, 9.17) is 14.2 Å². The Hall–Kier alpha value is -2.90. The molecule has 172 valence electrons. The van der Waals surface area contributed by atoms with Crippen LogP contribution in [0.4, 0.5) is 4.79 Å². The molecule has 0 unspecified atom stereocenters. The number of carbonyl (C=O) groups excluding carboxylic acids is 2. The molecule has 1 aliphatic rings. The molecular weight excluding hydrogens is 400 g/mol. The van der Waals surface area contributed by atoms with Crippen molar-refractivity contribution in [3.05, 3.63) is 40.4 Å². The Morgan fingerprint density at radius 1 is 1.06 bits per heavy atom. The molecule has 8 heteroatoms. The molecular formula is C23H35N2O6+. The summed E-state index contributed by atoms with van der Waals surface area (Å²) in [6.07, 6.45) is 7.91. The van der Waals surface area contributed by atoms with Gasteiger partial charge in [-0.15, -0.1) is 0 Å². The Balaban J connectivity index is 0.000000330. The number of nitrogens with zero attached hydrogens (tertiary/aromatic N) is 1. The minimum atomic E-state index is -0.686. The van der Waals surface area contributed by atoms with E-state index in [9.17, 15) is 14.5 Å². The number of nitrogens with one attached hydrogen (secondary N) is 1. The van der Waals surface area contributed by atoms with Crippen LogP contribution < -0.4 is 10.1 Å². The maximum atomic E-state index is 11.2. The molecule has 0 aliphatic carbocycles. The first-order valence-electron chi connectivity index (χ1n) is 10.8. The van der Waals surface area contributed by atoms with Gasteiger partial charge in [-0.3, -0.25) is 4.79 Å². The summed E-state index contributed by atoms with van der Waals surface area (Å²) in [6, 6.07) is 6.54. The van der Waals surface area contributed by atoms with Gasteiger partial charge in [-0.1, -0.05) is 63.0 Å². The molecule has 1 heterocycles. The van der Waals surface area contributed by atoms with Crippen LogP contribution in [0.2, 0.25) is 0 Å². The summed E-state index contributed by atoms with van der Waals surface area (Å²) in [6.45, 7) is 4.59. The topological polar surface area (TPSA) is 93.9 Å². The Bertz CT molecular complexity index is 742. The van der Waals surface area contributed by atoms with Crippen molar-refractivity contribution in [3.8, 4) is 5.75 Å². The van der Waals surface area contributed by atoms with E-state index >= 15 is 0 Å². The first kappa shape index (κ1) is 26.1. The monoisotopic (exact) mass is 435 g/mol. The molecule has 0 bridgehead atoms. The average molecular weight is 436 g/mol. The number of hydrogen-bond donors (Lipinski definition) is 1. The third kappa shape index (κ3) is 9.19. The fourth-order valence-electron chi connectivity index (χ4n) is 2.97. The van der Waals surface area contributed by atoms with Gasteiger partial charge < -0.3 is 14.2 Å². The number of hydrogen-bond acceptors (Lipinski definition) is 6. The first-order chi connectivity index (χ1) is 15.0. The summed E-state index contributed by atoms with van der Waals surface area (Å²) in [4.78, 5) is 33.1. The second-order valence-electron chi connectivity index (χ2n) is 7.02. The number of benzene rings is 1. The van der Waals surface area contributed by atoms with Crippen molar-refractivity contribution in [2.24, 2.45) is 0 Å². The largest absolute Gasteiger partial charge is 0.534 e. The second kappa shape index (κ2) is 15.0. The highest BCUT2D eigenvalue weighted by Crippen LogP contribution is 2.28. The van der Waals surface area contributed by atoms with Gasteiger partial charge in [0.1, 0.15) is 5.75 Å². The van der Waals surface area contributed by atoms with Crippen LogP contribution in [0.3, 0.4) is 0 Å². The minimum absolute atomic E-state index is 0.0555. The molecule has 0 spiro atoms. The van der Waals surface area contributed by atoms with E-state index in [1.54, 1.807) is 19.2 Å². The van der Waals surface area contributed by atoms with Gasteiger partial charge in [-0.25, -0.2) is 0 Å². The van der Waals surface area contributed by atoms with Gasteiger partial charge >= 0.3 is 12.0 Å². The third-order valence-corrected chi connectivity index (χ3v) is 4.67. The van der Waals surface area contributed by atoms with Gasteiger partial charge in [0.2, 0.25) is 6.54 Å². The number of esters is 1.